The summed E-state index contributed by atoms with van der Waals surface area (Å²) in [5.74, 6) is 1.44. The zero-order chi connectivity index (χ0) is 12.2. The molecule has 5 nitrogen and oxygen atoms in total. The molecule has 1 aliphatic rings. The van der Waals surface area contributed by atoms with Gasteiger partial charge in [-0.05, 0) is 31.4 Å². The van der Waals surface area contributed by atoms with E-state index in [4.69, 9.17) is 0 Å². The first-order valence-corrected chi connectivity index (χ1v) is 6.29. The van der Waals surface area contributed by atoms with Crippen molar-refractivity contribution in [3.63, 3.8) is 0 Å². The molecule has 3 rings (SSSR count). The number of nitrogens with zero attached hydrogens (tertiary/aromatic N) is 5. The molecule has 18 heavy (non-hydrogen) atoms. The van der Waals surface area contributed by atoms with Crippen molar-refractivity contribution in [3.8, 4) is 11.5 Å². The Labute approximate surface area is 106 Å². The van der Waals surface area contributed by atoms with Gasteiger partial charge in [0, 0.05) is 31.7 Å². The van der Waals surface area contributed by atoms with Gasteiger partial charge in [-0.15, -0.1) is 0 Å². The lowest BCUT2D eigenvalue weighted by Gasteiger charge is -2.26. The summed E-state index contributed by atoms with van der Waals surface area (Å²) in [5.41, 5.74) is 0.783. The number of aromatic nitrogens is 4. The Kier molecular flexibility index (Phi) is 3.12. The minimum Gasteiger partial charge on any atom is -0.341 e. The molecule has 2 aromatic heterocycles. The van der Waals surface area contributed by atoms with Crippen LogP contribution in [0.2, 0.25) is 0 Å². The van der Waals surface area contributed by atoms with E-state index in [1.807, 2.05) is 6.07 Å². The maximum absolute atomic E-state index is 4.56. The van der Waals surface area contributed by atoms with Crippen LogP contribution in [0.15, 0.2) is 30.7 Å². The quantitative estimate of drug-likeness (QED) is 0.804. The minimum atomic E-state index is 0.651. The second-order valence-corrected chi connectivity index (χ2v) is 4.36. The molecule has 0 N–H and O–H groups in total. The van der Waals surface area contributed by atoms with Gasteiger partial charge in [0.25, 0.3) is 0 Å². The summed E-state index contributed by atoms with van der Waals surface area (Å²) in [6, 6.07) is 3.65. The van der Waals surface area contributed by atoms with Crippen LogP contribution < -0.4 is 4.90 Å². The number of piperidine rings is 1. The lowest BCUT2D eigenvalue weighted by Crippen LogP contribution is -2.31. The normalized spacial score (nSPS) is 15.7. The van der Waals surface area contributed by atoms with Gasteiger partial charge in [-0.2, -0.15) is 0 Å². The van der Waals surface area contributed by atoms with Crippen LogP contribution in [-0.2, 0) is 0 Å². The number of rotatable bonds is 2. The van der Waals surface area contributed by atoms with Crippen molar-refractivity contribution in [2.75, 3.05) is 18.0 Å². The van der Waals surface area contributed by atoms with Crippen molar-refractivity contribution in [1.29, 1.82) is 0 Å². The number of hydrogen-bond acceptors (Lipinski definition) is 5. The van der Waals surface area contributed by atoms with E-state index >= 15 is 0 Å². The minimum absolute atomic E-state index is 0.651. The van der Waals surface area contributed by atoms with E-state index in [1.54, 1.807) is 24.7 Å². The predicted octanol–water partition coefficient (Wildman–Crippen LogP) is 1.92. The highest BCUT2D eigenvalue weighted by atomic mass is 15.3. The molecule has 5 heteroatoms. The van der Waals surface area contributed by atoms with Gasteiger partial charge in [-0.25, -0.2) is 19.9 Å². The smallest absolute Gasteiger partial charge is 0.225 e. The fourth-order valence-electron chi connectivity index (χ4n) is 2.15. The topological polar surface area (TPSA) is 54.8 Å². The second kappa shape index (κ2) is 5.08. The van der Waals surface area contributed by atoms with Gasteiger partial charge in [0.1, 0.15) is 5.69 Å². The van der Waals surface area contributed by atoms with Crippen molar-refractivity contribution in [3.05, 3.63) is 30.7 Å². The van der Waals surface area contributed by atoms with Crippen LogP contribution in [-0.4, -0.2) is 33.0 Å². The Bertz CT molecular complexity index is 508. The Morgan fingerprint density at radius 1 is 0.889 bits per heavy atom. The first kappa shape index (κ1) is 11.1. The Hall–Kier alpha value is -2.04. The highest BCUT2D eigenvalue weighted by Crippen LogP contribution is 2.18. The monoisotopic (exact) mass is 241 g/mol. The summed E-state index contributed by atoms with van der Waals surface area (Å²) in [6.07, 6.45) is 8.97. The average Bonchev–Trinajstić information content (AvgIpc) is 2.49. The third-order valence-electron chi connectivity index (χ3n) is 3.08. The number of hydrogen-bond donors (Lipinski definition) is 0. The van der Waals surface area contributed by atoms with Crippen LogP contribution in [0.3, 0.4) is 0 Å². The summed E-state index contributed by atoms with van der Waals surface area (Å²) in [7, 11) is 0. The van der Waals surface area contributed by atoms with E-state index in [0.717, 1.165) is 24.7 Å². The zero-order valence-corrected chi connectivity index (χ0v) is 10.2. The molecule has 0 atom stereocenters. The number of anilines is 1. The highest BCUT2D eigenvalue weighted by molar-refractivity contribution is 5.50. The lowest BCUT2D eigenvalue weighted by molar-refractivity contribution is 0.568. The molecule has 0 amide bonds. The zero-order valence-electron chi connectivity index (χ0n) is 10.2. The molecule has 0 aliphatic carbocycles. The molecule has 3 heterocycles. The van der Waals surface area contributed by atoms with Gasteiger partial charge in [0.15, 0.2) is 5.82 Å². The Morgan fingerprint density at radius 2 is 1.67 bits per heavy atom. The van der Waals surface area contributed by atoms with Gasteiger partial charge < -0.3 is 4.90 Å². The van der Waals surface area contributed by atoms with Crippen molar-refractivity contribution >= 4 is 5.95 Å². The lowest BCUT2D eigenvalue weighted by atomic mass is 10.1. The molecule has 0 aromatic carbocycles. The van der Waals surface area contributed by atoms with Crippen LogP contribution in [0.5, 0.6) is 0 Å². The highest BCUT2D eigenvalue weighted by Gasteiger charge is 2.14. The SMILES string of the molecule is c1cnc(-c2ccnc(N3CCCCC3)n2)nc1. The van der Waals surface area contributed by atoms with Crippen molar-refractivity contribution in [2.24, 2.45) is 0 Å². The van der Waals surface area contributed by atoms with Gasteiger partial charge in [0.05, 0.1) is 0 Å². The Morgan fingerprint density at radius 3 is 2.44 bits per heavy atom. The maximum Gasteiger partial charge on any atom is 0.225 e. The van der Waals surface area contributed by atoms with Crippen molar-refractivity contribution in [1.82, 2.24) is 19.9 Å². The van der Waals surface area contributed by atoms with E-state index in [-0.39, 0.29) is 0 Å². The fraction of sp³-hybridized carbons (Fsp3) is 0.385. The molecule has 92 valence electrons. The third kappa shape index (κ3) is 2.30. The molecule has 1 aliphatic heterocycles. The first-order chi connectivity index (χ1) is 8.93. The predicted molar refractivity (Wildman–Crippen MR) is 69.1 cm³/mol. The molecule has 1 fully saturated rings. The van der Waals surface area contributed by atoms with Crippen molar-refractivity contribution < 1.29 is 0 Å². The molecule has 0 spiro atoms. The summed E-state index contributed by atoms with van der Waals surface area (Å²) < 4.78 is 0. The van der Waals surface area contributed by atoms with E-state index in [0.29, 0.717) is 5.82 Å². The van der Waals surface area contributed by atoms with Crippen LogP contribution in [0.4, 0.5) is 5.95 Å². The third-order valence-corrected chi connectivity index (χ3v) is 3.08. The first-order valence-electron chi connectivity index (χ1n) is 6.29. The second-order valence-electron chi connectivity index (χ2n) is 4.36. The van der Waals surface area contributed by atoms with Crippen molar-refractivity contribution in [2.45, 2.75) is 19.3 Å². The van der Waals surface area contributed by atoms with E-state index in [1.165, 1.54) is 19.3 Å². The maximum atomic E-state index is 4.56. The van der Waals surface area contributed by atoms with Crippen LogP contribution >= 0.6 is 0 Å². The van der Waals surface area contributed by atoms with E-state index in [9.17, 15) is 0 Å². The van der Waals surface area contributed by atoms with Crippen LogP contribution in [0.1, 0.15) is 19.3 Å². The van der Waals surface area contributed by atoms with Gasteiger partial charge in [-0.3, -0.25) is 0 Å². The fourth-order valence-corrected chi connectivity index (χ4v) is 2.15. The standard InChI is InChI=1S/C13H15N5/c1-2-9-18(10-3-1)13-16-8-5-11(17-13)12-14-6-4-7-15-12/h4-8H,1-3,9-10H2. The van der Waals surface area contributed by atoms with Gasteiger partial charge in [0.2, 0.25) is 5.95 Å². The van der Waals surface area contributed by atoms with Crippen LogP contribution in [0.25, 0.3) is 11.5 Å². The largest absolute Gasteiger partial charge is 0.341 e. The van der Waals surface area contributed by atoms with Gasteiger partial charge >= 0.3 is 0 Å². The summed E-state index contributed by atoms with van der Waals surface area (Å²) >= 11 is 0. The average molecular weight is 241 g/mol. The molecule has 0 unspecified atom stereocenters. The molecular weight excluding hydrogens is 226 g/mol. The van der Waals surface area contributed by atoms with Gasteiger partial charge in [-0.1, -0.05) is 0 Å². The Balaban J connectivity index is 1.89. The molecule has 0 radical (unpaired) electrons. The molecular formula is C13H15N5. The molecule has 0 saturated carbocycles. The van der Waals surface area contributed by atoms with E-state index in [2.05, 4.69) is 24.8 Å². The molecule has 0 bridgehead atoms. The summed E-state index contributed by atoms with van der Waals surface area (Å²) in [5, 5.41) is 0. The molecule has 2 aromatic rings. The van der Waals surface area contributed by atoms with E-state index < -0.39 is 0 Å². The summed E-state index contributed by atoms with van der Waals surface area (Å²) in [6.45, 7) is 2.08. The molecule has 1 saturated heterocycles. The summed E-state index contributed by atoms with van der Waals surface area (Å²) in [4.78, 5) is 19.6. The van der Waals surface area contributed by atoms with Crippen LogP contribution in [0, 0.1) is 0 Å².